The number of alkyl halides is 2. The number of ketones is 2. The number of aliphatic hydroxyl groups is 2. The van der Waals surface area contributed by atoms with Gasteiger partial charge in [0.15, 0.2) is 17.2 Å². The summed E-state index contributed by atoms with van der Waals surface area (Å²) in [7, 11) is 0. The molecule has 0 aromatic heterocycles. The highest BCUT2D eigenvalue weighted by molar-refractivity contribution is 6.29. The number of Topliss-reactive ketones (excluding diaryl/α,β-unsaturated/α-hetero) is 1. The lowest BCUT2D eigenvalue weighted by Gasteiger charge is -2.62. The van der Waals surface area contributed by atoms with Crippen LogP contribution >= 0.6 is 11.6 Å². The zero-order valence-electron chi connectivity index (χ0n) is 16.5. The quantitative estimate of drug-likeness (QED) is 0.686. The van der Waals surface area contributed by atoms with Crippen molar-refractivity contribution in [2.75, 3.05) is 5.88 Å². The van der Waals surface area contributed by atoms with Gasteiger partial charge in [0.1, 0.15) is 5.60 Å². The monoisotopic (exact) mass is 410 g/mol. The molecule has 0 unspecified atom stereocenters. The van der Waals surface area contributed by atoms with Crippen LogP contribution in [0.5, 0.6) is 0 Å². The van der Waals surface area contributed by atoms with Crippen molar-refractivity contribution in [2.24, 2.45) is 28.6 Å². The van der Waals surface area contributed by atoms with E-state index in [4.69, 9.17) is 11.6 Å². The smallest absolute Gasteiger partial charge is 0.179 e. The summed E-state index contributed by atoms with van der Waals surface area (Å²) in [4.78, 5) is 24.5. The van der Waals surface area contributed by atoms with Crippen molar-refractivity contribution in [3.05, 3.63) is 23.8 Å². The molecule has 0 amide bonds. The van der Waals surface area contributed by atoms with Crippen LogP contribution in [0.25, 0.3) is 0 Å². The fraction of sp³-hybridized carbons (Fsp3) is 0.727. The Morgan fingerprint density at radius 1 is 1.36 bits per heavy atom. The normalized spacial score (nSPS) is 52.5. The van der Waals surface area contributed by atoms with E-state index in [1.165, 1.54) is 12.2 Å². The molecule has 0 spiro atoms. The second kappa shape index (κ2) is 5.99. The summed E-state index contributed by atoms with van der Waals surface area (Å²) < 4.78 is 16.9. The summed E-state index contributed by atoms with van der Waals surface area (Å²) >= 11 is 5.81. The number of aliphatic hydroxyl groups excluding tert-OH is 1. The molecular weight excluding hydrogens is 383 g/mol. The average molecular weight is 411 g/mol. The van der Waals surface area contributed by atoms with Gasteiger partial charge < -0.3 is 10.2 Å². The summed E-state index contributed by atoms with van der Waals surface area (Å²) in [6, 6.07) is 0. The first-order valence-corrected chi connectivity index (χ1v) is 10.6. The minimum absolute atomic E-state index is 0.0151. The SMILES string of the molecule is C[C@@H]1C[C@H]2[C@@H]3CCC4=CC(=O)C=C[C@]4(C)[C@@]3(F)[C@@H](O)C[C@]2(C)[C@]1(O)C(=O)CCl. The molecular formula is C22H28ClFO4. The van der Waals surface area contributed by atoms with Crippen LogP contribution in [0.15, 0.2) is 23.8 Å². The minimum Gasteiger partial charge on any atom is -0.390 e. The number of hydrogen-bond donors (Lipinski definition) is 2. The first-order valence-electron chi connectivity index (χ1n) is 10.1. The molecule has 2 N–H and O–H groups in total. The summed E-state index contributed by atoms with van der Waals surface area (Å²) in [6.07, 6.45) is 4.69. The molecule has 4 aliphatic carbocycles. The van der Waals surface area contributed by atoms with Crippen LogP contribution in [0.4, 0.5) is 4.39 Å². The van der Waals surface area contributed by atoms with Gasteiger partial charge in [0, 0.05) is 16.7 Å². The van der Waals surface area contributed by atoms with Crippen LogP contribution in [0, 0.1) is 28.6 Å². The molecule has 0 aromatic carbocycles. The highest BCUT2D eigenvalue weighted by Crippen LogP contribution is 2.70. The molecule has 3 fully saturated rings. The van der Waals surface area contributed by atoms with E-state index in [9.17, 15) is 19.8 Å². The van der Waals surface area contributed by atoms with Gasteiger partial charge in [0.2, 0.25) is 0 Å². The Hall–Kier alpha value is -1.04. The van der Waals surface area contributed by atoms with Gasteiger partial charge in [-0.2, -0.15) is 0 Å². The summed E-state index contributed by atoms with van der Waals surface area (Å²) in [6.45, 7) is 5.38. The first-order chi connectivity index (χ1) is 13.0. The van der Waals surface area contributed by atoms with E-state index >= 15 is 4.39 Å². The van der Waals surface area contributed by atoms with Gasteiger partial charge in [-0.1, -0.05) is 25.5 Å². The molecule has 4 aliphatic rings. The molecule has 4 nitrogen and oxygen atoms in total. The third-order valence-electron chi connectivity index (χ3n) is 8.77. The number of hydrogen-bond acceptors (Lipinski definition) is 4. The second-order valence-electron chi connectivity index (χ2n) is 9.72. The van der Waals surface area contributed by atoms with Crippen LogP contribution in [0.3, 0.4) is 0 Å². The number of carbonyl (C=O) groups excluding carboxylic acids is 2. The summed E-state index contributed by atoms with van der Waals surface area (Å²) in [5, 5.41) is 22.6. The van der Waals surface area contributed by atoms with Crippen LogP contribution in [-0.4, -0.2) is 45.0 Å². The Morgan fingerprint density at radius 2 is 2.04 bits per heavy atom. The number of rotatable bonds is 2. The Balaban J connectivity index is 1.84. The van der Waals surface area contributed by atoms with E-state index in [0.717, 1.165) is 5.57 Å². The number of carbonyl (C=O) groups is 2. The van der Waals surface area contributed by atoms with Crippen molar-refractivity contribution in [1.29, 1.82) is 0 Å². The summed E-state index contributed by atoms with van der Waals surface area (Å²) in [5.41, 5.74) is -4.90. The molecule has 4 rings (SSSR count). The molecule has 8 atom stereocenters. The molecule has 0 aliphatic heterocycles. The zero-order valence-corrected chi connectivity index (χ0v) is 17.3. The maximum Gasteiger partial charge on any atom is 0.179 e. The van der Waals surface area contributed by atoms with Gasteiger partial charge in [-0.3, -0.25) is 9.59 Å². The van der Waals surface area contributed by atoms with E-state index in [0.29, 0.717) is 19.3 Å². The van der Waals surface area contributed by atoms with Crippen molar-refractivity contribution in [3.63, 3.8) is 0 Å². The maximum atomic E-state index is 16.9. The van der Waals surface area contributed by atoms with Gasteiger partial charge in [0.25, 0.3) is 0 Å². The first kappa shape index (κ1) is 20.2. The molecule has 0 heterocycles. The highest BCUT2D eigenvalue weighted by Gasteiger charge is 2.75. The molecule has 0 aromatic rings. The lowest BCUT2D eigenvalue weighted by molar-refractivity contribution is -0.218. The van der Waals surface area contributed by atoms with E-state index < -0.39 is 39.9 Å². The minimum atomic E-state index is -1.95. The third-order valence-corrected chi connectivity index (χ3v) is 9.01. The lowest BCUT2D eigenvalue weighted by Crippen LogP contribution is -2.69. The van der Waals surface area contributed by atoms with E-state index in [-0.39, 0.29) is 29.9 Å². The molecule has 3 saturated carbocycles. The van der Waals surface area contributed by atoms with E-state index in [2.05, 4.69) is 0 Å². The van der Waals surface area contributed by atoms with Crippen molar-refractivity contribution < 1.29 is 24.2 Å². The predicted molar refractivity (Wildman–Crippen MR) is 104 cm³/mol. The zero-order chi connectivity index (χ0) is 20.7. The fourth-order valence-electron chi connectivity index (χ4n) is 7.24. The van der Waals surface area contributed by atoms with Gasteiger partial charge >= 0.3 is 0 Å². The number of halogens is 2. The Morgan fingerprint density at radius 3 is 2.68 bits per heavy atom. The molecule has 0 radical (unpaired) electrons. The lowest BCUT2D eigenvalue weighted by atomic mass is 9.44. The van der Waals surface area contributed by atoms with E-state index in [1.807, 2.05) is 13.8 Å². The molecule has 28 heavy (non-hydrogen) atoms. The van der Waals surface area contributed by atoms with Crippen LogP contribution < -0.4 is 0 Å². The van der Waals surface area contributed by atoms with Gasteiger partial charge in [-0.15, -0.1) is 11.6 Å². The predicted octanol–water partition coefficient (Wildman–Crippen LogP) is 3.14. The summed E-state index contributed by atoms with van der Waals surface area (Å²) in [5.74, 6) is -2.03. The van der Waals surface area contributed by atoms with Crippen molar-refractivity contribution in [3.8, 4) is 0 Å². The Kier molecular flexibility index (Phi) is 4.33. The molecule has 0 bridgehead atoms. The standard InChI is InChI=1S/C22H28ClFO4/c1-12-8-16-15-5-4-13-9-14(25)6-7-19(13,2)21(15,24)17(26)10-20(16,3)22(12,28)18(27)11-23/h6-7,9,12,15-17,26,28H,4-5,8,10-11H2,1-3H3/t12-,15+,16+,17+,19+,20+,21+,22-/m1/s1. The van der Waals surface area contributed by atoms with Gasteiger partial charge in [0.05, 0.1) is 12.0 Å². The van der Waals surface area contributed by atoms with Gasteiger partial charge in [-0.25, -0.2) is 4.39 Å². The van der Waals surface area contributed by atoms with Gasteiger partial charge in [-0.05, 0) is 56.6 Å². The largest absolute Gasteiger partial charge is 0.390 e. The highest BCUT2D eigenvalue weighted by atomic mass is 35.5. The topological polar surface area (TPSA) is 74.6 Å². The number of allylic oxidation sites excluding steroid dienone is 4. The van der Waals surface area contributed by atoms with Crippen molar-refractivity contribution in [1.82, 2.24) is 0 Å². The maximum absolute atomic E-state index is 16.9. The Bertz CT molecular complexity index is 808. The van der Waals surface area contributed by atoms with Crippen LogP contribution in [0.1, 0.15) is 46.5 Å². The van der Waals surface area contributed by atoms with Crippen molar-refractivity contribution in [2.45, 2.75) is 63.8 Å². The molecule has 0 saturated heterocycles. The third kappa shape index (κ3) is 2.08. The van der Waals surface area contributed by atoms with E-state index in [1.54, 1.807) is 13.0 Å². The molecule has 6 heteroatoms. The molecule has 154 valence electrons. The Labute approximate surface area is 169 Å². The van der Waals surface area contributed by atoms with Crippen molar-refractivity contribution >= 4 is 23.2 Å². The van der Waals surface area contributed by atoms with Crippen LogP contribution in [0.2, 0.25) is 0 Å². The average Bonchev–Trinajstić information content (AvgIpc) is 2.84. The fourth-order valence-corrected chi connectivity index (χ4v) is 7.45. The van der Waals surface area contributed by atoms with Crippen LogP contribution in [-0.2, 0) is 9.59 Å². The second-order valence-corrected chi connectivity index (χ2v) is 9.99. The number of fused-ring (bicyclic) bond motifs is 5.